The summed E-state index contributed by atoms with van der Waals surface area (Å²) in [5.41, 5.74) is -0.310. The Kier molecular flexibility index (Phi) is 4.10. The number of carbonyl (C=O) groups is 1. The van der Waals surface area contributed by atoms with Crippen LogP contribution in [-0.2, 0) is 22.4 Å². The first-order valence-corrected chi connectivity index (χ1v) is 9.07. The molecule has 1 aromatic carbocycles. The van der Waals surface area contributed by atoms with Gasteiger partial charge in [-0.15, -0.1) is 0 Å². The van der Waals surface area contributed by atoms with Crippen LogP contribution in [0.15, 0.2) is 36.5 Å². The summed E-state index contributed by atoms with van der Waals surface area (Å²) in [4.78, 5) is 17.1. The third-order valence-electron chi connectivity index (χ3n) is 5.27. The van der Waals surface area contributed by atoms with Crippen molar-refractivity contribution in [2.24, 2.45) is 0 Å². The molecule has 2 heterocycles. The van der Waals surface area contributed by atoms with Gasteiger partial charge >= 0.3 is 0 Å². The smallest absolute Gasteiger partial charge is 0.195 e. The number of fused-ring (bicyclic) bond motifs is 2. The van der Waals surface area contributed by atoms with Gasteiger partial charge in [0.15, 0.2) is 11.5 Å². The number of hydrogen-bond donors (Lipinski definition) is 1. The Labute approximate surface area is 155 Å². The van der Waals surface area contributed by atoms with Crippen molar-refractivity contribution >= 4 is 29.0 Å². The predicted molar refractivity (Wildman–Crippen MR) is 95.7 cm³/mol. The van der Waals surface area contributed by atoms with Crippen molar-refractivity contribution in [1.82, 2.24) is 10.3 Å². The molecule has 25 heavy (non-hydrogen) atoms. The van der Waals surface area contributed by atoms with Crippen LogP contribution in [0, 0.1) is 0 Å². The Morgan fingerprint density at radius 2 is 2.08 bits per heavy atom. The third-order valence-corrected chi connectivity index (χ3v) is 5.85. The second-order valence-corrected chi connectivity index (χ2v) is 7.64. The maximum Gasteiger partial charge on any atom is 0.195 e. The number of aromatic nitrogens is 1. The third kappa shape index (κ3) is 2.86. The summed E-state index contributed by atoms with van der Waals surface area (Å²) >= 11 is 12.0. The SMILES string of the molecule is O=C(CCc1ccc(Cl)cc1Cl)[C@]1(F)CC[C@@]2(CN2)c2ncccc21. The highest BCUT2D eigenvalue weighted by molar-refractivity contribution is 6.35. The van der Waals surface area contributed by atoms with Gasteiger partial charge in [0.05, 0.1) is 11.2 Å². The van der Waals surface area contributed by atoms with Crippen LogP contribution in [0.5, 0.6) is 0 Å². The average Bonchev–Trinajstić information content (AvgIpc) is 3.39. The second kappa shape index (κ2) is 6.04. The number of pyridine rings is 1. The molecule has 4 rings (SSSR count). The Morgan fingerprint density at radius 3 is 2.80 bits per heavy atom. The van der Waals surface area contributed by atoms with E-state index in [4.69, 9.17) is 23.2 Å². The highest BCUT2D eigenvalue weighted by Gasteiger charge is 2.56. The van der Waals surface area contributed by atoms with Crippen LogP contribution in [-0.4, -0.2) is 17.3 Å². The van der Waals surface area contributed by atoms with Gasteiger partial charge in [-0.05, 0) is 43.0 Å². The summed E-state index contributed by atoms with van der Waals surface area (Å²) in [6.07, 6.45) is 2.91. The largest absolute Gasteiger partial charge is 0.303 e. The van der Waals surface area contributed by atoms with Crippen LogP contribution >= 0.6 is 23.2 Å². The van der Waals surface area contributed by atoms with Crippen molar-refractivity contribution in [3.63, 3.8) is 0 Å². The molecule has 2 aliphatic rings. The molecule has 1 aliphatic carbocycles. The zero-order valence-electron chi connectivity index (χ0n) is 13.5. The van der Waals surface area contributed by atoms with E-state index in [-0.39, 0.29) is 18.4 Å². The van der Waals surface area contributed by atoms with Crippen LogP contribution < -0.4 is 5.32 Å². The van der Waals surface area contributed by atoms with Crippen LogP contribution in [0.4, 0.5) is 4.39 Å². The molecule has 3 nitrogen and oxygen atoms in total. The monoisotopic (exact) mass is 378 g/mol. The van der Waals surface area contributed by atoms with Crippen molar-refractivity contribution in [3.05, 3.63) is 63.4 Å². The molecule has 1 saturated heterocycles. The molecule has 130 valence electrons. The number of hydrogen-bond acceptors (Lipinski definition) is 3. The summed E-state index contributed by atoms with van der Waals surface area (Å²) < 4.78 is 15.7. The van der Waals surface area contributed by atoms with Gasteiger partial charge in [-0.25, -0.2) is 4.39 Å². The minimum atomic E-state index is -1.97. The van der Waals surface area contributed by atoms with Gasteiger partial charge in [0.25, 0.3) is 0 Å². The zero-order valence-corrected chi connectivity index (χ0v) is 15.0. The Morgan fingerprint density at radius 1 is 1.28 bits per heavy atom. The van der Waals surface area contributed by atoms with E-state index in [9.17, 15) is 4.79 Å². The number of nitrogens with one attached hydrogen (secondary N) is 1. The molecule has 6 heteroatoms. The molecular weight excluding hydrogens is 362 g/mol. The average molecular weight is 379 g/mol. The highest BCUT2D eigenvalue weighted by Crippen LogP contribution is 2.49. The first-order chi connectivity index (χ1) is 11.9. The fraction of sp³-hybridized carbons (Fsp3) is 0.368. The van der Waals surface area contributed by atoms with Crippen LogP contribution in [0.25, 0.3) is 0 Å². The Hall–Kier alpha value is -1.49. The number of benzene rings is 1. The quantitative estimate of drug-likeness (QED) is 0.804. The fourth-order valence-corrected chi connectivity index (χ4v) is 4.16. The first-order valence-electron chi connectivity index (χ1n) is 8.32. The predicted octanol–water partition coefficient (Wildman–Crippen LogP) is 4.35. The Bertz CT molecular complexity index is 853. The number of carbonyl (C=O) groups excluding carboxylic acids is 1. The van der Waals surface area contributed by atoms with E-state index in [2.05, 4.69) is 10.3 Å². The topological polar surface area (TPSA) is 51.9 Å². The van der Waals surface area contributed by atoms with E-state index in [1.807, 2.05) is 0 Å². The molecule has 0 saturated carbocycles. The van der Waals surface area contributed by atoms with E-state index in [1.165, 1.54) is 0 Å². The summed E-state index contributed by atoms with van der Waals surface area (Å²) in [7, 11) is 0. The normalized spacial score (nSPS) is 27.2. The molecule has 1 N–H and O–H groups in total. The number of rotatable bonds is 4. The number of alkyl halides is 1. The molecular formula is C19H17Cl2FN2O. The van der Waals surface area contributed by atoms with Gasteiger partial charge in [0.1, 0.15) is 0 Å². The van der Waals surface area contributed by atoms with Crippen molar-refractivity contribution in [2.45, 2.75) is 36.9 Å². The number of aryl methyl sites for hydroxylation is 1. The van der Waals surface area contributed by atoms with Gasteiger partial charge in [0.2, 0.25) is 0 Å². The molecule has 1 aliphatic heterocycles. The molecule has 0 radical (unpaired) electrons. The summed E-state index contributed by atoms with van der Waals surface area (Å²) in [6, 6.07) is 8.52. The standard InChI is InChI=1S/C19H17Cl2FN2O/c20-13-5-3-12(15(21)10-13)4-6-16(25)19(22)8-7-18(11-24-18)17-14(19)2-1-9-23-17/h1-3,5,9-10,24H,4,6-8,11H2/t18-,19+/m1/s1. The lowest BCUT2D eigenvalue weighted by atomic mass is 9.74. The lowest BCUT2D eigenvalue weighted by Crippen LogP contribution is -2.40. The van der Waals surface area contributed by atoms with Crippen molar-refractivity contribution in [2.75, 3.05) is 6.54 Å². The molecule has 1 aromatic heterocycles. The number of nitrogens with zero attached hydrogens (tertiary/aromatic N) is 1. The summed E-state index contributed by atoms with van der Waals surface area (Å²) in [5.74, 6) is -0.414. The minimum Gasteiger partial charge on any atom is -0.303 e. The van der Waals surface area contributed by atoms with Gasteiger partial charge < -0.3 is 5.32 Å². The molecule has 1 spiro atoms. The molecule has 1 fully saturated rings. The molecule has 0 unspecified atom stereocenters. The molecule has 2 aromatic rings. The van der Waals surface area contributed by atoms with Gasteiger partial charge in [-0.1, -0.05) is 35.3 Å². The van der Waals surface area contributed by atoms with Gasteiger partial charge in [-0.2, -0.15) is 0 Å². The van der Waals surface area contributed by atoms with Crippen molar-refractivity contribution < 1.29 is 9.18 Å². The first kappa shape index (κ1) is 17.0. The Balaban J connectivity index is 1.57. The second-order valence-electron chi connectivity index (χ2n) is 6.80. The maximum absolute atomic E-state index is 15.7. The van der Waals surface area contributed by atoms with E-state index in [0.29, 0.717) is 34.1 Å². The summed E-state index contributed by atoms with van der Waals surface area (Å²) in [6.45, 7) is 0.793. The van der Waals surface area contributed by atoms with E-state index >= 15 is 4.39 Å². The van der Waals surface area contributed by atoms with Gasteiger partial charge in [0, 0.05) is 34.8 Å². The zero-order chi connectivity index (χ0) is 17.7. The van der Waals surface area contributed by atoms with E-state index < -0.39 is 11.5 Å². The summed E-state index contributed by atoms with van der Waals surface area (Å²) in [5, 5.41) is 4.32. The number of ketones is 1. The van der Waals surface area contributed by atoms with Crippen molar-refractivity contribution in [3.8, 4) is 0 Å². The van der Waals surface area contributed by atoms with Gasteiger partial charge in [-0.3, -0.25) is 9.78 Å². The van der Waals surface area contributed by atoms with Crippen molar-refractivity contribution in [1.29, 1.82) is 0 Å². The molecule has 0 amide bonds. The van der Waals surface area contributed by atoms with E-state index in [0.717, 1.165) is 12.1 Å². The fourth-order valence-electron chi connectivity index (χ4n) is 3.66. The van der Waals surface area contributed by atoms with Crippen LogP contribution in [0.2, 0.25) is 10.0 Å². The van der Waals surface area contributed by atoms with Crippen LogP contribution in [0.3, 0.4) is 0 Å². The molecule has 0 bridgehead atoms. The molecule has 2 atom stereocenters. The highest BCUT2D eigenvalue weighted by atomic mass is 35.5. The number of halogens is 3. The minimum absolute atomic E-state index is 0.0899. The lowest BCUT2D eigenvalue weighted by molar-refractivity contribution is -0.132. The van der Waals surface area contributed by atoms with E-state index in [1.54, 1.807) is 36.5 Å². The maximum atomic E-state index is 15.7. The number of Topliss-reactive ketones (excluding diaryl/α,β-unsaturated/α-hetero) is 1. The lowest BCUT2D eigenvalue weighted by Gasteiger charge is -2.34. The van der Waals surface area contributed by atoms with Crippen LogP contribution in [0.1, 0.15) is 36.1 Å².